The van der Waals surface area contributed by atoms with Crippen LogP contribution in [-0.4, -0.2) is 16.4 Å². The Morgan fingerprint density at radius 3 is 1.00 bits per heavy atom. The van der Waals surface area contributed by atoms with Crippen molar-refractivity contribution in [2.24, 2.45) is 9.98 Å². The quantitative estimate of drug-likeness (QED) is 0.146. The van der Waals surface area contributed by atoms with Gasteiger partial charge in [0.15, 0.2) is 0 Å². The van der Waals surface area contributed by atoms with Crippen LogP contribution in [0.15, 0.2) is 125 Å². The minimum Gasteiger partial charge on any atom is -0.246 e. The van der Waals surface area contributed by atoms with Gasteiger partial charge in [-0.2, -0.15) is 0 Å². The molecule has 4 aromatic carbocycles. The van der Waals surface area contributed by atoms with E-state index >= 15 is 0 Å². The van der Waals surface area contributed by atoms with Crippen LogP contribution in [0.2, 0.25) is 0 Å². The number of hydrogen-bond donors (Lipinski definition) is 0. The summed E-state index contributed by atoms with van der Waals surface area (Å²) < 4.78 is 0. The summed E-state index contributed by atoms with van der Waals surface area (Å²) in [7, 11) is 0. The Kier molecular flexibility index (Phi) is 10.4. The van der Waals surface area contributed by atoms with Crippen molar-refractivity contribution in [1.29, 1.82) is 0 Å². The average molecular weight is 606 g/mol. The van der Waals surface area contributed by atoms with Gasteiger partial charge in [-0.05, 0) is 58.1 Å². The number of rotatable bonds is 10. The largest absolute Gasteiger partial charge is 0.246 e. The van der Waals surface area contributed by atoms with Crippen LogP contribution >= 0.6 is 0 Å². The van der Waals surface area contributed by atoms with Crippen LogP contribution < -0.4 is 0 Å². The third-order valence-corrected chi connectivity index (χ3v) is 8.46. The second kappa shape index (κ2) is 14.6. The van der Waals surface area contributed by atoms with Crippen LogP contribution in [0.3, 0.4) is 0 Å². The number of hydrogen-bond acceptors (Lipinski definition) is 3. The lowest BCUT2D eigenvalue weighted by molar-refractivity contribution is 0.834. The van der Waals surface area contributed by atoms with Crippen LogP contribution in [0.25, 0.3) is 0 Å². The molecule has 234 valence electrons. The maximum atomic E-state index is 5.49. The minimum atomic E-state index is 0.335. The van der Waals surface area contributed by atoms with E-state index in [9.17, 15) is 0 Å². The molecule has 3 heteroatoms. The molecule has 0 saturated carbocycles. The minimum absolute atomic E-state index is 0.335. The van der Waals surface area contributed by atoms with Crippen molar-refractivity contribution < 1.29 is 0 Å². The Hall–Kier alpha value is -4.63. The zero-order valence-electron chi connectivity index (χ0n) is 28.6. The Balaban J connectivity index is 1.78. The van der Waals surface area contributed by atoms with Gasteiger partial charge in [-0.15, -0.1) is 0 Å². The molecule has 0 radical (unpaired) electrons. The molecule has 1 heterocycles. The predicted molar refractivity (Wildman–Crippen MR) is 197 cm³/mol. The van der Waals surface area contributed by atoms with Crippen LogP contribution in [0.4, 0.5) is 11.4 Å². The first-order valence-electron chi connectivity index (χ1n) is 16.7. The van der Waals surface area contributed by atoms with Gasteiger partial charge in [0.25, 0.3) is 0 Å². The van der Waals surface area contributed by atoms with Gasteiger partial charge in [-0.3, -0.25) is 0 Å². The molecular weight excluding hydrogens is 558 g/mol. The highest BCUT2D eigenvalue weighted by Gasteiger charge is 2.20. The molecule has 5 aromatic rings. The first-order chi connectivity index (χ1) is 22.2. The van der Waals surface area contributed by atoms with Gasteiger partial charge in [0.1, 0.15) is 0 Å². The summed E-state index contributed by atoms with van der Waals surface area (Å²) in [5.74, 6) is 1.34. The van der Waals surface area contributed by atoms with Crippen LogP contribution in [0.5, 0.6) is 0 Å². The Bertz CT molecular complexity index is 1640. The van der Waals surface area contributed by atoms with Crippen molar-refractivity contribution in [1.82, 2.24) is 4.98 Å². The summed E-state index contributed by atoms with van der Waals surface area (Å²) in [6, 6.07) is 40.3. The summed E-state index contributed by atoms with van der Waals surface area (Å²) in [5, 5.41) is 0. The van der Waals surface area contributed by atoms with Gasteiger partial charge in [-0.25, -0.2) is 15.0 Å². The van der Waals surface area contributed by atoms with Crippen molar-refractivity contribution >= 4 is 22.8 Å². The van der Waals surface area contributed by atoms with Crippen LogP contribution in [0, 0.1) is 0 Å². The number of nitrogens with zero attached hydrogens (tertiary/aromatic N) is 3. The highest BCUT2D eigenvalue weighted by Crippen LogP contribution is 2.37. The van der Waals surface area contributed by atoms with Crippen molar-refractivity contribution in [3.05, 3.63) is 160 Å². The molecule has 0 atom stereocenters. The number of para-hydroxylation sites is 2. The summed E-state index contributed by atoms with van der Waals surface area (Å²) >= 11 is 0. The second-order valence-corrected chi connectivity index (χ2v) is 13.2. The van der Waals surface area contributed by atoms with Crippen molar-refractivity contribution in [3.8, 4) is 0 Å². The first-order valence-corrected chi connectivity index (χ1v) is 16.7. The molecule has 3 nitrogen and oxygen atoms in total. The van der Waals surface area contributed by atoms with Gasteiger partial charge in [0.2, 0.25) is 0 Å². The molecule has 46 heavy (non-hydrogen) atoms. The van der Waals surface area contributed by atoms with Gasteiger partial charge < -0.3 is 0 Å². The van der Waals surface area contributed by atoms with Gasteiger partial charge >= 0.3 is 0 Å². The van der Waals surface area contributed by atoms with E-state index in [1.165, 1.54) is 22.3 Å². The maximum Gasteiger partial charge on any atom is 0.0966 e. The Labute approximate surface area is 276 Å². The second-order valence-electron chi connectivity index (χ2n) is 13.2. The summed E-state index contributed by atoms with van der Waals surface area (Å²) in [6.07, 6.45) is 0. The zero-order valence-corrected chi connectivity index (χ0v) is 28.6. The molecule has 0 unspecified atom stereocenters. The molecule has 0 saturated heterocycles. The summed E-state index contributed by atoms with van der Waals surface area (Å²) in [5.41, 5.74) is 12.5. The Morgan fingerprint density at radius 2 is 0.696 bits per heavy atom. The molecule has 0 aliphatic rings. The lowest BCUT2D eigenvalue weighted by Gasteiger charge is -2.19. The molecule has 0 bridgehead atoms. The van der Waals surface area contributed by atoms with Gasteiger partial charge in [0, 0.05) is 11.1 Å². The number of aliphatic imine (C=N–C) groups is 2. The highest BCUT2D eigenvalue weighted by molar-refractivity contribution is 6.16. The van der Waals surface area contributed by atoms with E-state index in [1.54, 1.807) is 0 Å². The monoisotopic (exact) mass is 605 g/mol. The Morgan fingerprint density at radius 1 is 0.391 bits per heavy atom. The summed E-state index contributed by atoms with van der Waals surface area (Å²) in [6.45, 7) is 17.9. The fraction of sp³-hybridized carbons (Fsp3) is 0.279. The fourth-order valence-electron chi connectivity index (χ4n) is 5.94. The standard InChI is InChI=1S/C43H47N3/c1-28(2)34-22-15-23-35(29(3)4)42(34)45-40(32-18-11-9-12-19-32)38-26-17-27-39(44-38)41(33-20-13-10-14-21-33)46-43-36(30(5)6)24-16-25-37(43)31(7)8/h9-31H,1-8H3/b45-40+,46-41+. The molecule has 1 aromatic heterocycles. The number of aromatic nitrogens is 1. The molecule has 0 N–H and O–H groups in total. The zero-order chi connectivity index (χ0) is 32.8. The van der Waals surface area contributed by atoms with E-state index in [-0.39, 0.29) is 0 Å². The highest BCUT2D eigenvalue weighted by atomic mass is 14.9. The van der Waals surface area contributed by atoms with E-state index in [2.05, 4.69) is 159 Å². The van der Waals surface area contributed by atoms with E-state index in [0.29, 0.717) is 23.7 Å². The van der Waals surface area contributed by atoms with Crippen LogP contribution in [-0.2, 0) is 0 Å². The van der Waals surface area contributed by atoms with E-state index < -0.39 is 0 Å². The van der Waals surface area contributed by atoms with E-state index in [0.717, 1.165) is 45.3 Å². The molecule has 0 fully saturated rings. The third kappa shape index (κ3) is 7.26. The predicted octanol–water partition coefficient (Wildman–Crippen LogP) is 11.9. The van der Waals surface area contributed by atoms with Gasteiger partial charge in [0.05, 0.1) is 34.2 Å². The third-order valence-electron chi connectivity index (χ3n) is 8.46. The topological polar surface area (TPSA) is 37.6 Å². The fourth-order valence-corrected chi connectivity index (χ4v) is 5.94. The van der Waals surface area contributed by atoms with Crippen molar-refractivity contribution in [2.75, 3.05) is 0 Å². The summed E-state index contributed by atoms with van der Waals surface area (Å²) in [4.78, 5) is 16.3. The molecule has 0 aliphatic carbocycles. The van der Waals surface area contributed by atoms with E-state index in [1.807, 2.05) is 12.1 Å². The SMILES string of the molecule is CC(C)c1cccc(C(C)C)c1/N=C(\c1ccccc1)c1cccc(/C(=N/c2c(C(C)C)cccc2C(C)C)c2ccccc2)n1. The average Bonchev–Trinajstić information content (AvgIpc) is 3.06. The number of pyridine rings is 1. The molecule has 5 rings (SSSR count). The molecular formula is C43H47N3. The van der Waals surface area contributed by atoms with Crippen LogP contribution in [0.1, 0.15) is 124 Å². The van der Waals surface area contributed by atoms with Gasteiger partial charge in [-0.1, -0.05) is 159 Å². The number of benzene rings is 4. The van der Waals surface area contributed by atoms with Crippen molar-refractivity contribution in [2.45, 2.75) is 79.1 Å². The molecule has 0 spiro atoms. The first kappa shape index (κ1) is 32.8. The smallest absolute Gasteiger partial charge is 0.0966 e. The lowest BCUT2D eigenvalue weighted by atomic mass is 9.92. The molecule has 0 amide bonds. The maximum absolute atomic E-state index is 5.49. The van der Waals surface area contributed by atoms with Crippen molar-refractivity contribution in [3.63, 3.8) is 0 Å². The normalized spacial score (nSPS) is 12.5. The molecule has 0 aliphatic heterocycles. The van der Waals surface area contributed by atoms with E-state index in [4.69, 9.17) is 15.0 Å². The lowest BCUT2D eigenvalue weighted by Crippen LogP contribution is -2.12.